The molecule has 2 aromatic rings. The van der Waals surface area contributed by atoms with Gasteiger partial charge in [-0.25, -0.2) is 9.78 Å². The highest BCUT2D eigenvalue weighted by atomic mass is 32.1. The van der Waals surface area contributed by atoms with E-state index in [0.717, 1.165) is 17.8 Å². The number of rotatable bonds is 9. The number of ether oxygens (including phenoxy) is 3. The Kier molecular flexibility index (Phi) is 8.65. The predicted molar refractivity (Wildman–Crippen MR) is 128 cm³/mol. The number of carbonyl (C=O) groups is 1. The Bertz CT molecular complexity index is 962. The maximum Gasteiger partial charge on any atom is 0.387 e. The third-order valence-electron chi connectivity index (χ3n) is 6.16. The van der Waals surface area contributed by atoms with Gasteiger partial charge in [0.2, 0.25) is 0 Å². The maximum atomic E-state index is 12.9. The molecular formula is C25H34F2N2O4S. The summed E-state index contributed by atoms with van der Waals surface area (Å²) in [7, 11) is 1.40. The van der Waals surface area contributed by atoms with Crippen molar-refractivity contribution >= 4 is 17.3 Å². The number of benzene rings is 1. The molecule has 0 saturated carbocycles. The fourth-order valence-electron chi connectivity index (χ4n) is 4.33. The predicted octanol–water partition coefficient (Wildman–Crippen LogP) is 5.62. The van der Waals surface area contributed by atoms with Crippen molar-refractivity contribution in [1.82, 2.24) is 9.88 Å². The lowest BCUT2D eigenvalue weighted by Gasteiger charge is -2.48. The molecule has 1 aliphatic rings. The van der Waals surface area contributed by atoms with E-state index in [9.17, 15) is 13.6 Å². The highest BCUT2D eigenvalue weighted by Gasteiger charge is 2.50. The first kappa shape index (κ1) is 26.5. The summed E-state index contributed by atoms with van der Waals surface area (Å²) in [6.45, 7) is 7.90. The van der Waals surface area contributed by atoms with Crippen molar-refractivity contribution in [2.45, 2.75) is 59.3 Å². The molecule has 34 heavy (non-hydrogen) atoms. The minimum Gasteiger partial charge on any atom is -0.467 e. The van der Waals surface area contributed by atoms with Gasteiger partial charge in [-0.1, -0.05) is 39.8 Å². The van der Waals surface area contributed by atoms with Crippen molar-refractivity contribution in [2.75, 3.05) is 26.8 Å². The Morgan fingerprint density at radius 3 is 2.71 bits per heavy atom. The molecule has 0 aliphatic carbocycles. The number of alkyl halides is 2. The lowest BCUT2D eigenvalue weighted by Crippen LogP contribution is -2.59. The minimum absolute atomic E-state index is 0.0298. The van der Waals surface area contributed by atoms with E-state index in [2.05, 4.69) is 35.4 Å². The summed E-state index contributed by atoms with van der Waals surface area (Å²) in [6, 6.07) is 6.65. The zero-order valence-corrected chi connectivity index (χ0v) is 21.3. The summed E-state index contributed by atoms with van der Waals surface area (Å²) in [5.41, 5.74) is -0.523. The topological polar surface area (TPSA) is 60.9 Å². The summed E-state index contributed by atoms with van der Waals surface area (Å²) in [5, 5.41) is 0.608. The Morgan fingerprint density at radius 2 is 2.06 bits per heavy atom. The van der Waals surface area contributed by atoms with Crippen LogP contribution in [0.25, 0.3) is 10.6 Å². The highest BCUT2D eigenvalue weighted by Crippen LogP contribution is 2.41. The molecule has 1 aliphatic heterocycles. The van der Waals surface area contributed by atoms with E-state index in [-0.39, 0.29) is 23.1 Å². The SMILES string of the molecule is CCCO[C@@]1(C(=O)OC)C[C@@H](C(C)(C)C)CN(Cc2cnc(-c3ccccc3OC(F)F)s2)C1. The number of esters is 1. The van der Waals surface area contributed by atoms with Gasteiger partial charge in [0.1, 0.15) is 10.8 Å². The minimum atomic E-state index is -2.90. The van der Waals surface area contributed by atoms with Gasteiger partial charge in [-0.05, 0) is 36.3 Å². The molecule has 1 aromatic carbocycles. The number of thiazole rings is 1. The van der Waals surface area contributed by atoms with Gasteiger partial charge in [0.25, 0.3) is 0 Å². The van der Waals surface area contributed by atoms with Gasteiger partial charge >= 0.3 is 12.6 Å². The number of carbonyl (C=O) groups excluding carboxylic acids is 1. The van der Waals surface area contributed by atoms with Gasteiger partial charge in [-0.2, -0.15) is 8.78 Å². The number of aromatic nitrogens is 1. The number of nitrogens with zero attached hydrogens (tertiary/aromatic N) is 2. The molecule has 9 heteroatoms. The fraction of sp³-hybridized carbons (Fsp3) is 0.600. The average Bonchev–Trinajstić information content (AvgIpc) is 3.24. The smallest absolute Gasteiger partial charge is 0.387 e. The third-order valence-corrected chi connectivity index (χ3v) is 7.18. The number of methoxy groups -OCH3 is 1. The summed E-state index contributed by atoms with van der Waals surface area (Å²) in [5.74, 6) is -0.0328. The number of hydrogen-bond acceptors (Lipinski definition) is 7. The first-order chi connectivity index (χ1) is 16.1. The van der Waals surface area contributed by atoms with Crippen molar-refractivity contribution in [3.8, 4) is 16.3 Å². The van der Waals surface area contributed by atoms with Crippen LogP contribution in [0.4, 0.5) is 8.78 Å². The van der Waals surface area contributed by atoms with Crippen molar-refractivity contribution in [3.05, 3.63) is 35.3 Å². The molecule has 0 N–H and O–H groups in total. The van der Waals surface area contributed by atoms with Crippen LogP contribution < -0.4 is 4.74 Å². The van der Waals surface area contributed by atoms with Crippen LogP contribution in [0.3, 0.4) is 0 Å². The lowest BCUT2D eigenvalue weighted by molar-refractivity contribution is -0.184. The highest BCUT2D eigenvalue weighted by molar-refractivity contribution is 7.15. The van der Waals surface area contributed by atoms with Crippen molar-refractivity contribution in [3.63, 3.8) is 0 Å². The Balaban J connectivity index is 1.86. The first-order valence-corrected chi connectivity index (χ1v) is 12.3. The van der Waals surface area contributed by atoms with E-state index in [0.29, 0.717) is 36.7 Å². The maximum absolute atomic E-state index is 12.9. The van der Waals surface area contributed by atoms with E-state index in [1.165, 1.54) is 24.5 Å². The van der Waals surface area contributed by atoms with Crippen molar-refractivity contribution < 1.29 is 27.8 Å². The number of halogens is 2. The van der Waals surface area contributed by atoms with Gasteiger partial charge in [0, 0.05) is 37.3 Å². The molecule has 6 nitrogen and oxygen atoms in total. The lowest BCUT2D eigenvalue weighted by atomic mass is 9.71. The Morgan fingerprint density at radius 1 is 1.32 bits per heavy atom. The van der Waals surface area contributed by atoms with E-state index in [1.807, 2.05) is 6.92 Å². The quantitative estimate of drug-likeness (QED) is 0.420. The summed E-state index contributed by atoms with van der Waals surface area (Å²) >= 11 is 1.43. The number of para-hydroxylation sites is 1. The molecule has 1 aromatic heterocycles. The Hall–Kier alpha value is -2.10. The van der Waals surface area contributed by atoms with Crippen LogP contribution in [0, 0.1) is 11.3 Å². The van der Waals surface area contributed by atoms with Crippen molar-refractivity contribution in [2.24, 2.45) is 11.3 Å². The monoisotopic (exact) mass is 496 g/mol. The van der Waals surface area contributed by atoms with Gasteiger partial charge in [-0.15, -0.1) is 11.3 Å². The molecule has 0 radical (unpaired) electrons. The van der Waals surface area contributed by atoms with Gasteiger partial charge in [0.05, 0.1) is 12.7 Å². The zero-order chi connectivity index (χ0) is 24.9. The number of hydrogen-bond donors (Lipinski definition) is 0. The van der Waals surface area contributed by atoms with E-state index >= 15 is 0 Å². The molecule has 1 fully saturated rings. The molecule has 0 bridgehead atoms. The Labute approximate surface area is 204 Å². The molecule has 1 saturated heterocycles. The summed E-state index contributed by atoms with van der Waals surface area (Å²) < 4.78 is 41.7. The molecule has 3 rings (SSSR count). The first-order valence-electron chi connectivity index (χ1n) is 11.5. The molecule has 188 valence electrons. The molecular weight excluding hydrogens is 462 g/mol. The zero-order valence-electron chi connectivity index (χ0n) is 20.5. The molecule has 0 unspecified atom stereocenters. The number of likely N-dealkylation sites (tertiary alicyclic amines) is 1. The standard InChI is InChI=1S/C25H34F2N2O4S/c1-6-11-32-25(22(30)31-5)12-17(24(2,3)4)14-29(16-25)15-18-13-28-21(34-18)19-9-7-8-10-20(19)33-23(26)27/h7-10,13,17,23H,6,11-12,14-16H2,1-5H3/t17-,25+/m1/s1. The summed E-state index contributed by atoms with van der Waals surface area (Å²) in [4.78, 5) is 20.6. The summed E-state index contributed by atoms with van der Waals surface area (Å²) in [6.07, 6.45) is 3.16. The van der Waals surface area contributed by atoms with Crippen molar-refractivity contribution in [1.29, 1.82) is 0 Å². The van der Waals surface area contributed by atoms with Crippen LogP contribution in [0.1, 0.15) is 45.4 Å². The second kappa shape index (κ2) is 11.1. The fourth-order valence-corrected chi connectivity index (χ4v) is 5.31. The normalized spacial score (nSPS) is 21.6. The van der Waals surface area contributed by atoms with Gasteiger partial charge in [-0.3, -0.25) is 4.90 Å². The van der Waals surface area contributed by atoms with Crippen LogP contribution in [0.2, 0.25) is 0 Å². The second-order valence-corrected chi connectivity index (χ2v) is 10.9. The van der Waals surface area contributed by atoms with Crippen LogP contribution in [0.5, 0.6) is 5.75 Å². The third kappa shape index (κ3) is 6.31. The van der Waals surface area contributed by atoms with Crippen LogP contribution in [-0.2, 0) is 20.8 Å². The van der Waals surface area contributed by atoms with Gasteiger partial charge < -0.3 is 14.2 Å². The van der Waals surface area contributed by atoms with E-state index < -0.39 is 12.2 Å². The molecule has 2 atom stereocenters. The van der Waals surface area contributed by atoms with Gasteiger partial charge in [0.15, 0.2) is 5.60 Å². The molecule has 2 heterocycles. The number of piperidine rings is 1. The molecule has 0 amide bonds. The molecule has 0 spiro atoms. The second-order valence-electron chi connectivity index (χ2n) is 9.78. The average molecular weight is 497 g/mol. The van der Waals surface area contributed by atoms with E-state index in [4.69, 9.17) is 9.47 Å². The van der Waals surface area contributed by atoms with Crippen LogP contribution in [-0.4, -0.2) is 54.9 Å². The van der Waals surface area contributed by atoms with Crippen LogP contribution >= 0.6 is 11.3 Å². The largest absolute Gasteiger partial charge is 0.467 e. The van der Waals surface area contributed by atoms with Crippen LogP contribution in [0.15, 0.2) is 30.5 Å². The van der Waals surface area contributed by atoms with E-state index in [1.54, 1.807) is 24.4 Å².